The van der Waals surface area contributed by atoms with Gasteiger partial charge in [0.15, 0.2) is 8.32 Å². The molecule has 4 atom stereocenters. The predicted octanol–water partition coefficient (Wildman–Crippen LogP) is 6.84. The minimum Gasteiger partial charge on any atom is -0.471 e. The molecule has 0 unspecified atom stereocenters. The highest BCUT2D eigenvalue weighted by Gasteiger charge is 2.48. The lowest BCUT2D eigenvalue weighted by molar-refractivity contribution is 0.0437. The molecule has 34 heavy (non-hydrogen) atoms. The van der Waals surface area contributed by atoms with Gasteiger partial charge in [0, 0.05) is 0 Å². The van der Waals surface area contributed by atoms with Crippen molar-refractivity contribution in [1.29, 1.82) is 0 Å². The van der Waals surface area contributed by atoms with Gasteiger partial charge in [-0.3, -0.25) is 0 Å². The van der Waals surface area contributed by atoms with Crippen LogP contribution >= 0.6 is 0 Å². The minimum absolute atomic E-state index is 0.0462. The SMILES string of the molecule is CC[C@H]1C[C@@H](Oc2nc(C)nc(C)c2-c2nc3ccccc3[nH]2)[C@H](O[Si](C)(C)C(C)(C)C)[C@@H]1C. The van der Waals surface area contributed by atoms with E-state index in [1.807, 2.05) is 38.1 Å². The van der Waals surface area contributed by atoms with E-state index in [4.69, 9.17) is 19.1 Å². The second kappa shape index (κ2) is 9.08. The molecule has 0 saturated heterocycles. The van der Waals surface area contributed by atoms with Crippen molar-refractivity contribution >= 4 is 19.4 Å². The van der Waals surface area contributed by atoms with Crippen LogP contribution in [0.15, 0.2) is 24.3 Å². The molecule has 0 spiro atoms. The van der Waals surface area contributed by atoms with Crippen molar-refractivity contribution in [2.45, 2.75) is 91.6 Å². The Morgan fingerprint density at radius 3 is 2.44 bits per heavy atom. The highest BCUT2D eigenvalue weighted by Crippen LogP contribution is 2.45. The Morgan fingerprint density at radius 1 is 1.09 bits per heavy atom. The van der Waals surface area contributed by atoms with Gasteiger partial charge in [0.05, 0.1) is 22.8 Å². The minimum atomic E-state index is -1.97. The molecule has 1 saturated carbocycles. The van der Waals surface area contributed by atoms with E-state index in [-0.39, 0.29) is 17.2 Å². The number of hydrogen-bond acceptors (Lipinski definition) is 5. The molecule has 0 radical (unpaired) electrons. The van der Waals surface area contributed by atoms with Crippen molar-refractivity contribution in [3.63, 3.8) is 0 Å². The zero-order chi connectivity index (χ0) is 24.8. The highest BCUT2D eigenvalue weighted by molar-refractivity contribution is 6.74. The van der Waals surface area contributed by atoms with Crippen molar-refractivity contribution < 1.29 is 9.16 Å². The maximum absolute atomic E-state index is 6.99. The van der Waals surface area contributed by atoms with Crippen molar-refractivity contribution in [2.24, 2.45) is 11.8 Å². The molecule has 4 rings (SSSR count). The number of ether oxygens (including phenoxy) is 1. The quantitative estimate of drug-likeness (QED) is 0.391. The van der Waals surface area contributed by atoms with Crippen LogP contribution in [0.4, 0.5) is 0 Å². The lowest BCUT2D eigenvalue weighted by Gasteiger charge is -2.41. The average Bonchev–Trinajstić information content (AvgIpc) is 3.28. The summed E-state index contributed by atoms with van der Waals surface area (Å²) in [5.41, 5.74) is 3.60. The number of rotatable bonds is 6. The molecule has 3 aromatic rings. The van der Waals surface area contributed by atoms with Crippen molar-refractivity contribution in [2.75, 3.05) is 0 Å². The topological polar surface area (TPSA) is 72.9 Å². The van der Waals surface area contributed by atoms with Gasteiger partial charge in [0.1, 0.15) is 23.3 Å². The molecular weight excluding hydrogens is 440 g/mol. The van der Waals surface area contributed by atoms with Gasteiger partial charge in [-0.15, -0.1) is 0 Å². The summed E-state index contributed by atoms with van der Waals surface area (Å²) in [7, 11) is -1.97. The molecule has 6 nitrogen and oxygen atoms in total. The van der Waals surface area contributed by atoms with E-state index < -0.39 is 8.32 Å². The number of hydrogen-bond donors (Lipinski definition) is 1. The summed E-state index contributed by atoms with van der Waals surface area (Å²) in [5.74, 6) is 3.05. The van der Waals surface area contributed by atoms with Crippen LogP contribution in [-0.4, -0.2) is 40.5 Å². The van der Waals surface area contributed by atoms with Gasteiger partial charge in [0.2, 0.25) is 5.88 Å². The van der Waals surface area contributed by atoms with Gasteiger partial charge in [-0.2, -0.15) is 4.98 Å². The first-order chi connectivity index (χ1) is 15.9. The fourth-order valence-electron chi connectivity index (χ4n) is 4.86. The third-order valence-corrected chi connectivity index (χ3v) is 12.5. The van der Waals surface area contributed by atoms with Gasteiger partial charge < -0.3 is 14.1 Å². The summed E-state index contributed by atoms with van der Waals surface area (Å²) in [6, 6.07) is 8.04. The first-order valence-electron chi connectivity index (χ1n) is 12.6. The molecule has 0 bridgehead atoms. The standard InChI is InChI=1S/C27H40N4O2Si/c1-10-19-15-22(24(16(19)2)33-34(8,9)27(5,6)7)32-26-23(17(3)28-18(4)29-26)25-30-20-13-11-12-14-21(20)31-25/h11-14,16,19,22,24H,10,15H2,1-9H3,(H,30,31)/t16-,19+,22-,24-/m1/s1. The fraction of sp³-hybridized carbons (Fsp3) is 0.593. The molecule has 0 aliphatic heterocycles. The Morgan fingerprint density at radius 2 is 1.79 bits per heavy atom. The Balaban J connectivity index is 1.73. The first kappa shape index (κ1) is 24.9. The molecular formula is C27H40N4O2Si. The number of imidazole rings is 1. The van der Waals surface area contributed by atoms with E-state index >= 15 is 0 Å². The normalized spacial score (nSPS) is 23.6. The molecule has 1 aliphatic carbocycles. The summed E-state index contributed by atoms with van der Waals surface area (Å²) in [6.45, 7) is 20.0. The molecule has 1 N–H and O–H groups in total. The van der Waals surface area contributed by atoms with Gasteiger partial charge >= 0.3 is 0 Å². The summed E-state index contributed by atoms with van der Waals surface area (Å²) < 4.78 is 13.8. The fourth-order valence-corrected chi connectivity index (χ4v) is 6.26. The summed E-state index contributed by atoms with van der Waals surface area (Å²) >= 11 is 0. The number of aromatic amines is 1. The molecule has 1 fully saturated rings. The van der Waals surface area contributed by atoms with Crippen LogP contribution in [0.2, 0.25) is 18.1 Å². The number of aromatic nitrogens is 4. The van der Waals surface area contributed by atoms with Crippen LogP contribution in [0.3, 0.4) is 0 Å². The third-order valence-electron chi connectivity index (χ3n) is 7.98. The van der Waals surface area contributed by atoms with E-state index in [2.05, 4.69) is 57.7 Å². The maximum Gasteiger partial charge on any atom is 0.228 e. The van der Waals surface area contributed by atoms with Crippen LogP contribution < -0.4 is 4.74 Å². The summed E-state index contributed by atoms with van der Waals surface area (Å²) in [4.78, 5) is 17.7. The second-order valence-electron chi connectivity index (χ2n) is 11.4. The zero-order valence-electron chi connectivity index (χ0n) is 22.2. The molecule has 1 aromatic carbocycles. The first-order valence-corrected chi connectivity index (χ1v) is 15.5. The Kier molecular flexibility index (Phi) is 6.64. The molecule has 1 aliphatic rings. The van der Waals surface area contributed by atoms with E-state index in [0.29, 0.717) is 23.5 Å². The number of benzene rings is 1. The maximum atomic E-state index is 6.99. The van der Waals surface area contributed by atoms with Gasteiger partial charge in [-0.05, 0) is 62.4 Å². The lowest BCUT2D eigenvalue weighted by Crippen LogP contribution is -2.48. The monoisotopic (exact) mass is 480 g/mol. The highest BCUT2D eigenvalue weighted by atomic mass is 28.4. The predicted molar refractivity (Wildman–Crippen MR) is 141 cm³/mol. The van der Waals surface area contributed by atoms with Gasteiger partial charge in [0.25, 0.3) is 0 Å². The van der Waals surface area contributed by atoms with E-state index in [9.17, 15) is 0 Å². The van der Waals surface area contributed by atoms with Crippen LogP contribution in [0.25, 0.3) is 22.4 Å². The van der Waals surface area contributed by atoms with E-state index in [1.54, 1.807) is 0 Å². The van der Waals surface area contributed by atoms with Crippen molar-refractivity contribution in [1.82, 2.24) is 19.9 Å². The molecule has 184 valence electrons. The molecule has 2 heterocycles. The Hall–Kier alpha value is -2.25. The largest absolute Gasteiger partial charge is 0.471 e. The van der Waals surface area contributed by atoms with Crippen LogP contribution in [0.1, 0.15) is 59.0 Å². The number of para-hydroxylation sites is 2. The summed E-state index contributed by atoms with van der Waals surface area (Å²) in [6.07, 6.45) is 2.09. The second-order valence-corrected chi connectivity index (χ2v) is 16.2. The van der Waals surface area contributed by atoms with Gasteiger partial charge in [-0.1, -0.05) is 53.2 Å². The van der Waals surface area contributed by atoms with Crippen LogP contribution in [0.5, 0.6) is 5.88 Å². The third kappa shape index (κ3) is 4.65. The van der Waals surface area contributed by atoms with E-state index in [1.165, 1.54) is 0 Å². The molecule has 2 aromatic heterocycles. The van der Waals surface area contributed by atoms with Gasteiger partial charge in [-0.25, -0.2) is 9.97 Å². The molecule has 0 amide bonds. The number of nitrogens with one attached hydrogen (secondary N) is 1. The number of H-pyrrole nitrogens is 1. The molecule has 7 heteroatoms. The Bertz CT molecular complexity index is 1130. The van der Waals surface area contributed by atoms with Crippen molar-refractivity contribution in [3.05, 3.63) is 35.8 Å². The van der Waals surface area contributed by atoms with Crippen LogP contribution in [0, 0.1) is 25.7 Å². The van der Waals surface area contributed by atoms with Crippen LogP contribution in [-0.2, 0) is 4.43 Å². The smallest absolute Gasteiger partial charge is 0.228 e. The number of fused-ring (bicyclic) bond motifs is 1. The number of nitrogens with zero attached hydrogens (tertiary/aromatic N) is 3. The van der Waals surface area contributed by atoms with E-state index in [0.717, 1.165) is 41.0 Å². The Labute approximate surface area is 205 Å². The average molecular weight is 481 g/mol. The lowest BCUT2D eigenvalue weighted by atomic mass is 9.95. The van der Waals surface area contributed by atoms with Crippen molar-refractivity contribution in [3.8, 4) is 17.3 Å². The zero-order valence-corrected chi connectivity index (χ0v) is 23.2. The number of aryl methyl sites for hydroxylation is 2. The summed E-state index contributed by atoms with van der Waals surface area (Å²) in [5, 5.41) is 0.142.